The highest BCUT2D eigenvalue weighted by Gasteiger charge is 2.44. The normalized spacial score (nSPS) is 18.8. The summed E-state index contributed by atoms with van der Waals surface area (Å²) < 4.78 is 7.24. The van der Waals surface area contributed by atoms with Gasteiger partial charge in [0.05, 0.1) is 17.5 Å². The second kappa shape index (κ2) is 8.22. The van der Waals surface area contributed by atoms with E-state index in [4.69, 9.17) is 10.2 Å². The van der Waals surface area contributed by atoms with Crippen molar-refractivity contribution in [1.29, 1.82) is 0 Å². The Labute approximate surface area is 200 Å². The number of carbonyl (C=O) groups is 2. The van der Waals surface area contributed by atoms with E-state index in [1.807, 2.05) is 32.9 Å². The third-order valence-electron chi connectivity index (χ3n) is 6.29. The maximum Gasteiger partial charge on any atom is 0.407 e. The number of amides is 2. The van der Waals surface area contributed by atoms with Crippen LogP contribution in [0.25, 0.3) is 22.1 Å². The van der Waals surface area contributed by atoms with E-state index < -0.39 is 23.5 Å². The van der Waals surface area contributed by atoms with Gasteiger partial charge in [-0.15, -0.1) is 0 Å². The van der Waals surface area contributed by atoms with E-state index in [1.165, 1.54) is 11.2 Å². The number of oxazole rings is 1. The Balaban J connectivity index is 1.59. The number of benzene rings is 1. The van der Waals surface area contributed by atoms with Gasteiger partial charge in [0.15, 0.2) is 16.9 Å². The molecule has 1 aliphatic rings. The molecule has 1 fully saturated rings. The first-order chi connectivity index (χ1) is 16.6. The second-order valence-electron chi connectivity index (χ2n) is 9.69. The second-order valence-corrected chi connectivity index (χ2v) is 9.69. The first-order valence-corrected chi connectivity index (χ1v) is 11.3. The maximum atomic E-state index is 13.3. The fourth-order valence-corrected chi connectivity index (χ4v) is 4.96. The van der Waals surface area contributed by atoms with Crippen LogP contribution in [0.4, 0.5) is 16.6 Å². The number of aromatic nitrogens is 5. The van der Waals surface area contributed by atoms with Crippen molar-refractivity contribution in [3.05, 3.63) is 36.3 Å². The molecule has 2 atom stereocenters. The molecule has 0 bridgehead atoms. The molecule has 2 amide bonds. The summed E-state index contributed by atoms with van der Waals surface area (Å²) in [6, 6.07) is 6.41. The Morgan fingerprint density at radius 2 is 2.00 bits per heavy atom. The zero-order valence-corrected chi connectivity index (χ0v) is 19.6. The average molecular weight is 479 g/mol. The van der Waals surface area contributed by atoms with Crippen LogP contribution in [0.15, 0.2) is 35.0 Å². The summed E-state index contributed by atoms with van der Waals surface area (Å²) in [7, 11) is 0. The fourth-order valence-electron chi connectivity index (χ4n) is 4.96. The smallest absolute Gasteiger partial charge is 0.407 e. The van der Waals surface area contributed by atoms with Crippen LogP contribution >= 0.6 is 0 Å². The van der Waals surface area contributed by atoms with E-state index >= 15 is 0 Å². The lowest BCUT2D eigenvalue weighted by Gasteiger charge is -2.46. The number of para-hydroxylation sites is 2. The monoisotopic (exact) mass is 478 g/mol. The van der Waals surface area contributed by atoms with Crippen molar-refractivity contribution in [2.45, 2.75) is 45.7 Å². The van der Waals surface area contributed by atoms with Gasteiger partial charge in [0.1, 0.15) is 17.7 Å². The third-order valence-corrected chi connectivity index (χ3v) is 6.29. The van der Waals surface area contributed by atoms with Gasteiger partial charge in [-0.3, -0.25) is 10.1 Å². The molecule has 182 valence electrons. The predicted molar refractivity (Wildman–Crippen MR) is 128 cm³/mol. The lowest BCUT2D eigenvalue weighted by Crippen LogP contribution is -2.54. The van der Waals surface area contributed by atoms with Gasteiger partial charge in [-0.1, -0.05) is 32.9 Å². The van der Waals surface area contributed by atoms with E-state index in [0.717, 1.165) is 0 Å². The van der Waals surface area contributed by atoms with E-state index in [1.54, 1.807) is 16.8 Å². The molecule has 1 saturated heterocycles. The molecule has 3 aromatic heterocycles. The van der Waals surface area contributed by atoms with Crippen LogP contribution in [0.1, 0.15) is 50.1 Å². The molecule has 1 aromatic carbocycles. The Hall–Kier alpha value is -4.22. The van der Waals surface area contributed by atoms with Gasteiger partial charge in [-0.05, 0) is 30.4 Å². The molecule has 4 heterocycles. The van der Waals surface area contributed by atoms with Crippen LogP contribution in [0.3, 0.4) is 0 Å². The SMILES string of the molecule is CC(C)(C)[C@@H]1C(n2nc(C(=O)Nc3nc4ccccc4o3)c3c(N)ncnc32)CCCN1C(=O)O. The number of piperidine rings is 1. The summed E-state index contributed by atoms with van der Waals surface area (Å²) in [5, 5.41) is 17.4. The Morgan fingerprint density at radius 3 is 2.71 bits per heavy atom. The highest BCUT2D eigenvalue weighted by Crippen LogP contribution is 2.40. The van der Waals surface area contributed by atoms with E-state index in [2.05, 4.69) is 25.4 Å². The molecule has 4 N–H and O–H groups in total. The molecule has 5 rings (SSSR count). The fraction of sp³-hybridized carbons (Fsp3) is 0.391. The number of nitrogens with two attached hydrogens (primary N) is 1. The van der Waals surface area contributed by atoms with Crippen LogP contribution in [-0.4, -0.2) is 59.3 Å². The first-order valence-electron chi connectivity index (χ1n) is 11.3. The molecule has 0 aliphatic carbocycles. The van der Waals surface area contributed by atoms with Crippen molar-refractivity contribution in [2.24, 2.45) is 5.41 Å². The van der Waals surface area contributed by atoms with Crippen molar-refractivity contribution in [2.75, 3.05) is 17.6 Å². The number of nitrogens with zero attached hydrogens (tertiary/aromatic N) is 6. The number of carboxylic acid groups (broad SMARTS) is 1. The van der Waals surface area contributed by atoms with Gasteiger partial charge < -0.3 is 20.2 Å². The minimum Gasteiger partial charge on any atom is -0.465 e. The van der Waals surface area contributed by atoms with Crippen LogP contribution in [-0.2, 0) is 0 Å². The Kier molecular flexibility index (Phi) is 5.30. The van der Waals surface area contributed by atoms with E-state index in [-0.39, 0.29) is 23.6 Å². The van der Waals surface area contributed by atoms with Gasteiger partial charge in [0.25, 0.3) is 5.91 Å². The van der Waals surface area contributed by atoms with Crippen molar-refractivity contribution in [3.63, 3.8) is 0 Å². The molecule has 4 aromatic rings. The Morgan fingerprint density at radius 1 is 1.23 bits per heavy atom. The number of fused-ring (bicyclic) bond motifs is 2. The number of anilines is 2. The minimum absolute atomic E-state index is 0.0143. The number of hydrogen-bond donors (Lipinski definition) is 3. The molecule has 12 nitrogen and oxygen atoms in total. The lowest BCUT2D eigenvalue weighted by atomic mass is 9.77. The molecule has 1 aliphatic heterocycles. The highest BCUT2D eigenvalue weighted by atomic mass is 16.4. The van der Waals surface area contributed by atoms with Crippen molar-refractivity contribution in [1.82, 2.24) is 29.6 Å². The van der Waals surface area contributed by atoms with Gasteiger partial charge >= 0.3 is 12.1 Å². The summed E-state index contributed by atoms with van der Waals surface area (Å²) in [4.78, 5) is 39.5. The quantitative estimate of drug-likeness (QED) is 0.399. The van der Waals surface area contributed by atoms with Gasteiger partial charge in [-0.2, -0.15) is 10.1 Å². The largest absolute Gasteiger partial charge is 0.465 e. The lowest BCUT2D eigenvalue weighted by molar-refractivity contribution is 0.0247. The summed E-state index contributed by atoms with van der Waals surface area (Å²) >= 11 is 0. The third kappa shape index (κ3) is 3.90. The van der Waals surface area contributed by atoms with Gasteiger partial charge in [0, 0.05) is 6.54 Å². The van der Waals surface area contributed by atoms with Gasteiger partial charge in [0.2, 0.25) is 0 Å². The number of rotatable bonds is 3. The molecule has 0 radical (unpaired) electrons. The molecule has 12 heteroatoms. The molecule has 0 spiro atoms. The zero-order chi connectivity index (χ0) is 24.9. The number of nitrogens with one attached hydrogen (secondary N) is 1. The number of hydrogen-bond acceptors (Lipinski definition) is 8. The average Bonchev–Trinajstić information content (AvgIpc) is 3.39. The zero-order valence-electron chi connectivity index (χ0n) is 19.6. The summed E-state index contributed by atoms with van der Waals surface area (Å²) in [5.74, 6) is -0.484. The van der Waals surface area contributed by atoms with Crippen LogP contribution < -0.4 is 11.1 Å². The maximum absolute atomic E-state index is 13.3. The molecule has 35 heavy (non-hydrogen) atoms. The van der Waals surface area contributed by atoms with Crippen molar-refractivity contribution >= 4 is 46.0 Å². The van der Waals surface area contributed by atoms with Crippen LogP contribution in [0, 0.1) is 5.41 Å². The van der Waals surface area contributed by atoms with Gasteiger partial charge in [-0.25, -0.2) is 19.4 Å². The van der Waals surface area contributed by atoms with Crippen LogP contribution in [0.2, 0.25) is 0 Å². The molecule has 1 unspecified atom stereocenters. The highest BCUT2D eigenvalue weighted by molar-refractivity contribution is 6.12. The van der Waals surface area contributed by atoms with Crippen molar-refractivity contribution in [3.8, 4) is 0 Å². The molecular weight excluding hydrogens is 452 g/mol. The standard InChI is InChI=1S/C23H26N8O4/c1-23(2,3)17-13(8-6-10-30(17)22(33)34)31-19-15(18(24)25-11-26-19)16(29-31)20(32)28-21-27-12-7-4-5-9-14(12)35-21/h4-5,7,9,11,13,17H,6,8,10H2,1-3H3,(H,33,34)(H2,24,25,26)(H,27,28,32)/t13?,17-/m0/s1. The molecule has 0 saturated carbocycles. The first kappa shape index (κ1) is 22.6. The van der Waals surface area contributed by atoms with Crippen molar-refractivity contribution < 1.29 is 19.1 Å². The molecular formula is C23H26N8O4. The predicted octanol–water partition coefficient (Wildman–Crippen LogP) is 3.53. The van der Waals surface area contributed by atoms with E-state index in [9.17, 15) is 14.7 Å². The van der Waals surface area contributed by atoms with Crippen LogP contribution in [0.5, 0.6) is 0 Å². The minimum atomic E-state index is -0.992. The summed E-state index contributed by atoms with van der Waals surface area (Å²) in [5.41, 5.74) is 7.27. The number of carbonyl (C=O) groups excluding carboxylic acids is 1. The topological polar surface area (TPSA) is 165 Å². The summed E-state index contributed by atoms with van der Waals surface area (Å²) in [6.45, 7) is 6.39. The number of nitrogen functional groups attached to an aromatic ring is 1. The number of likely N-dealkylation sites (tertiary alicyclic amines) is 1. The Bertz CT molecular complexity index is 1400. The van der Waals surface area contributed by atoms with E-state index in [0.29, 0.717) is 41.5 Å². The summed E-state index contributed by atoms with van der Waals surface area (Å²) in [6.07, 6.45) is 1.63.